The number of ether oxygens (including phenoxy) is 1. The van der Waals surface area contributed by atoms with Crippen molar-refractivity contribution in [3.8, 4) is 0 Å². The van der Waals surface area contributed by atoms with Crippen molar-refractivity contribution < 1.29 is 27.9 Å². The first-order valence-electron chi connectivity index (χ1n) is 11.4. The summed E-state index contributed by atoms with van der Waals surface area (Å²) in [6.45, 7) is 11.1. The van der Waals surface area contributed by atoms with Gasteiger partial charge < -0.3 is 19.4 Å². The van der Waals surface area contributed by atoms with Gasteiger partial charge in [0.25, 0.3) is 0 Å². The summed E-state index contributed by atoms with van der Waals surface area (Å²) in [6.07, 6.45) is -0.299. The standard InChI is InChI=1S/C24H33F2N3O4/c1-15(10-21(30)17-13-28(14-17)23(32)33-24(3,4)5)22(31)27-8-9-29(16(2)12-27)18-6-7-19(25)20(26)11-18/h6-7,11,15-17H,8-10,12-14H2,1-5H3/t15?,16-/m0/s1. The molecule has 2 saturated heterocycles. The summed E-state index contributed by atoms with van der Waals surface area (Å²) in [5.41, 5.74) is -0.00433. The van der Waals surface area contributed by atoms with Gasteiger partial charge in [0, 0.05) is 62.9 Å². The maximum Gasteiger partial charge on any atom is 0.410 e. The maximum atomic E-state index is 13.6. The Morgan fingerprint density at radius 1 is 1.06 bits per heavy atom. The predicted octanol–water partition coefficient (Wildman–Crippen LogP) is 3.46. The smallest absolute Gasteiger partial charge is 0.410 e. The molecule has 9 heteroatoms. The van der Waals surface area contributed by atoms with Crippen LogP contribution in [-0.4, -0.2) is 72.0 Å². The third kappa shape index (κ3) is 6.00. The van der Waals surface area contributed by atoms with Crippen molar-refractivity contribution in [3.05, 3.63) is 29.8 Å². The van der Waals surface area contributed by atoms with Crippen LogP contribution in [0.3, 0.4) is 0 Å². The summed E-state index contributed by atoms with van der Waals surface area (Å²) in [6, 6.07) is 3.73. The number of hydrogen-bond acceptors (Lipinski definition) is 5. The number of carbonyl (C=O) groups excluding carboxylic acids is 3. The molecule has 0 radical (unpaired) electrons. The second-order valence-corrected chi connectivity index (χ2v) is 10.1. The van der Waals surface area contributed by atoms with Crippen LogP contribution in [0.1, 0.15) is 41.0 Å². The Hall–Kier alpha value is -2.71. The predicted molar refractivity (Wildman–Crippen MR) is 120 cm³/mol. The Labute approximate surface area is 193 Å². The minimum absolute atomic E-state index is 0.0240. The molecule has 0 spiro atoms. The highest BCUT2D eigenvalue weighted by Crippen LogP contribution is 2.26. The molecule has 0 bridgehead atoms. The van der Waals surface area contributed by atoms with Crippen molar-refractivity contribution in [3.63, 3.8) is 0 Å². The molecular formula is C24H33F2N3O4. The molecule has 2 aliphatic heterocycles. The highest BCUT2D eigenvalue weighted by Gasteiger charge is 2.39. The van der Waals surface area contributed by atoms with E-state index < -0.39 is 29.2 Å². The largest absolute Gasteiger partial charge is 0.444 e. The third-order valence-electron chi connectivity index (χ3n) is 6.09. The van der Waals surface area contributed by atoms with Gasteiger partial charge in [0.15, 0.2) is 11.6 Å². The summed E-state index contributed by atoms with van der Waals surface area (Å²) >= 11 is 0. The van der Waals surface area contributed by atoms with Crippen LogP contribution >= 0.6 is 0 Å². The lowest BCUT2D eigenvalue weighted by molar-refractivity contribution is -0.140. The van der Waals surface area contributed by atoms with Crippen molar-refractivity contribution in [1.29, 1.82) is 0 Å². The van der Waals surface area contributed by atoms with Crippen LogP contribution < -0.4 is 4.90 Å². The molecule has 2 fully saturated rings. The molecule has 0 aliphatic carbocycles. The molecule has 1 unspecified atom stereocenters. The number of benzene rings is 1. The summed E-state index contributed by atoms with van der Waals surface area (Å²) in [7, 11) is 0. The van der Waals surface area contributed by atoms with Gasteiger partial charge >= 0.3 is 6.09 Å². The van der Waals surface area contributed by atoms with Crippen LogP contribution in [0.25, 0.3) is 0 Å². The van der Waals surface area contributed by atoms with E-state index in [0.717, 1.165) is 6.07 Å². The molecule has 0 N–H and O–H groups in total. The molecule has 33 heavy (non-hydrogen) atoms. The second kappa shape index (κ2) is 9.65. The van der Waals surface area contributed by atoms with E-state index in [2.05, 4.69) is 0 Å². The van der Waals surface area contributed by atoms with Gasteiger partial charge in [0.1, 0.15) is 11.4 Å². The van der Waals surface area contributed by atoms with E-state index in [1.54, 1.807) is 32.6 Å². The second-order valence-electron chi connectivity index (χ2n) is 10.1. The van der Waals surface area contributed by atoms with E-state index in [1.807, 2.05) is 11.8 Å². The van der Waals surface area contributed by atoms with Crippen LogP contribution in [0.15, 0.2) is 18.2 Å². The number of ketones is 1. The lowest BCUT2D eigenvalue weighted by atomic mass is 9.89. The van der Waals surface area contributed by atoms with E-state index in [1.165, 1.54) is 17.0 Å². The SMILES string of the molecule is CC(CC(=O)C1CN(C(=O)OC(C)(C)C)C1)C(=O)N1CCN(c2ccc(F)c(F)c2)[C@@H](C)C1. The van der Waals surface area contributed by atoms with Gasteiger partial charge in [-0.15, -0.1) is 0 Å². The van der Waals surface area contributed by atoms with Gasteiger partial charge in [-0.05, 0) is 39.8 Å². The number of anilines is 1. The Morgan fingerprint density at radius 2 is 1.73 bits per heavy atom. The molecule has 3 rings (SSSR count). The van der Waals surface area contributed by atoms with Gasteiger partial charge in [-0.1, -0.05) is 6.92 Å². The van der Waals surface area contributed by atoms with Crippen LogP contribution in [-0.2, 0) is 14.3 Å². The molecule has 7 nitrogen and oxygen atoms in total. The summed E-state index contributed by atoms with van der Waals surface area (Å²) in [5, 5.41) is 0. The zero-order valence-corrected chi connectivity index (χ0v) is 19.9. The Balaban J connectivity index is 1.47. The number of Topliss-reactive ketones (excluding diaryl/α,β-unsaturated/α-hetero) is 1. The fourth-order valence-corrected chi connectivity index (χ4v) is 4.23. The number of nitrogens with zero attached hydrogens (tertiary/aromatic N) is 3. The minimum Gasteiger partial charge on any atom is -0.444 e. The zero-order valence-electron chi connectivity index (χ0n) is 19.9. The molecule has 0 aromatic heterocycles. The average Bonchev–Trinajstić information content (AvgIpc) is 2.67. The van der Waals surface area contributed by atoms with Gasteiger partial charge in [-0.2, -0.15) is 0 Å². The van der Waals surface area contributed by atoms with E-state index >= 15 is 0 Å². The molecule has 2 aliphatic rings. The normalized spacial score (nSPS) is 20.3. The summed E-state index contributed by atoms with van der Waals surface area (Å²) in [4.78, 5) is 42.8. The number of hydrogen-bond donors (Lipinski definition) is 0. The van der Waals surface area contributed by atoms with E-state index in [0.29, 0.717) is 38.4 Å². The van der Waals surface area contributed by atoms with Gasteiger partial charge in [-0.3, -0.25) is 9.59 Å². The first-order chi connectivity index (χ1) is 15.4. The van der Waals surface area contributed by atoms with Crippen molar-refractivity contribution >= 4 is 23.5 Å². The van der Waals surface area contributed by atoms with Crippen LogP contribution in [0.5, 0.6) is 0 Å². The first-order valence-corrected chi connectivity index (χ1v) is 11.4. The number of carbonyl (C=O) groups is 3. The van der Waals surface area contributed by atoms with Gasteiger partial charge in [-0.25, -0.2) is 13.6 Å². The highest BCUT2D eigenvalue weighted by atomic mass is 19.2. The molecular weight excluding hydrogens is 432 g/mol. The van der Waals surface area contributed by atoms with Gasteiger partial charge in [0.2, 0.25) is 5.91 Å². The molecule has 2 atom stereocenters. The lowest BCUT2D eigenvalue weighted by Crippen LogP contribution is -2.56. The number of amides is 2. The van der Waals surface area contributed by atoms with Crippen LogP contribution in [0.2, 0.25) is 0 Å². The van der Waals surface area contributed by atoms with Gasteiger partial charge in [0.05, 0.1) is 5.92 Å². The summed E-state index contributed by atoms with van der Waals surface area (Å²) in [5.74, 6) is -2.63. The number of likely N-dealkylation sites (tertiary alicyclic amines) is 1. The highest BCUT2D eigenvalue weighted by molar-refractivity contribution is 5.89. The molecule has 0 saturated carbocycles. The number of halogens is 2. The summed E-state index contributed by atoms with van der Waals surface area (Å²) < 4.78 is 32.1. The molecule has 1 aromatic carbocycles. The van der Waals surface area contributed by atoms with Crippen molar-refractivity contribution in [2.45, 2.75) is 52.7 Å². The van der Waals surface area contributed by atoms with E-state index in [9.17, 15) is 23.2 Å². The topological polar surface area (TPSA) is 70.2 Å². The number of rotatable bonds is 5. The van der Waals surface area contributed by atoms with E-state index in [4.69, 9.17) is 4.74 Å². The Bertz CT molecular complexity index is 911. The first kappa shape index (κ1) is 24.9. The van der Waals surface area contributed by atoms with Crippen molar-refractivity contribution in [2.75, 3.05) is 37.6 Å². The van der Waals surface area contributed by atoms with Crippen molar-refractivity contribution in [1.82, 2.24) is 9.80 Å². The number of piperazine rings is 1. The fraction of sp³-hybridized carbons (Fsp3) is 0.625. The molecule has 1 aromatic rings. The Kier molecular flexibility index (Phi) is 7.29. The Morgan fingerprint density at radius 3 is 2.30 bits per heavy atom. The minimum atomic E-state index is -0.897. The fourth-order valence-electron chi connectivity index (χ4n) is 4.23. The molecule has 182 valence electrons. The average molecular weight is 466 g/mol. The van der Waals surface area contributed by atoms with Crippen LogP contribution in [0.4, 0.5) is 19.3 Å². The molecule has 2 amide bonds. The molecule has 2 heterocycles. The monoisotopic (exact) mass is 465 g/mol. The zero-order chi connectivity index (χ0) is 24.5. The van der Waals surface area contributed by atoms with E-state index in [-0.39, 0.29) is 30.1 Å². The third-order valence-corrected chi connectivity index (χ3v) is 6.09. The maximum absolute atomic E-state index is 13.6. The van der Waals surface area contributed by atoms with Crippen LogP contribution in [0, 0.1) is 23.5 Å². The van der Waals surface area contributed by atoms with Crippen molar-refractivity contribution in [2.24, 2.45) is 11.8 Å². The lowest BCUT2D eigenvalue weighted by Gasteiger charge is -2.42. The quantitative estimate of drug-likeness (QED) is 0.666.